The van der Waals surface area contributed by atoms with Crippen LogP contribution in [0.1, 0.15) is 51.4 Å². The van der Waals surface area contributed by atoms with Gasteiger partial charge >= 0.3 is 0 Å². The van der Waals surface area contributed by atoms with E-state index >= 15 is 0 Å². The molecule has 2 fully saturated rings. The number of aliphatic hydroxyl groups excluding tert-OH is 2. The van der Waals surface area contributed by atoms with Crippen LogP contribution in [-0.2, 0) is 4.74 Å². The Morgan fingerprint density at radius 3 is 2.44 bits per heavy atom. The van der Waals surface area contributed by atoms with Gasteiger partial charge in [0, 0.05) is 12.6 Å². The van der Waals surface area contributed by atoms with E-state index < -0.39 is 6.10 Å². The highest BCUT2D eigenvalue weighted by Crippen LogP contribution is 2.21. The summed E-state index contributed by atoms with van der Waals surface area (Å²) >= 11 is 0. The van der Waals surface area contributed by atoms with Crippen LogP contribution in [0.3, 0.4) is 0 Å². The van der Waals surface area contributed by atoms with Gasteiger partial charge in [-0.1, -0.05) is 25.7 Å². The second-order valence-electron chi connectivity index (χ2n) is 5.76. The molecule has 0 bridgehead atoms. The molecule has 3 unspecified atom stereocenters. The van der Waals surface area contributed by atoms with Crippen molar-refractivity contribution in [3.63, 3.8) is 0 Å². The van der Waals surface area contributed by atoms with E-state index in [1.165, 1.54) is 19.3 Å². The Morgan fingerprint density at radius 2 is 1.72 bits per heavy atom. The van der Waals surface area contributed by atoms with Crippen LogP contribution in [-0.4, -0.2) is 47.7 Å². The molecular formula is C14H27NO3. The fraction of sp³-hybridized carbons (Fsp3) is 1.00. The first-order chi connectivity index (χ1) is 8.75. The smallest absolute Gasteiger partial charge is 0.0897 e. The van der Waals surface area contributed by atoms with E-state index in [0.717, 1.165) is 32.1 Å². The fourth-order valence-electron chi connectivity index (χ4n) is 3.00. The highest BCUT2D eigenvalue weighted by molar-refractivity contribution is 4.81. The Labute approximate surface area is 110 Å². The molecule has 0 amide bonds. The molecule has 0 aromatic carbocycles. The first kappa shape index (κ1) is 14.3. The summed E-state index contributed by atoms with van der Waals surface area (Å²) in [5.74, 6) is 0. The summed E-state index contributed by atoms with van der Waals surface area (Å²) in [7, 11) is 0. The normalized spacial score (nSPS) is 31.7. The number of hydrogen-bond donors (Lipinski definition) is 3. The highest BCUT2D eigenvalue weighted by atomic mass is 16.5. The van der Waals surface area contributed by atoms with Crippen molar-refractivity contribution in [1.29, 1.82) is 0 Å². The first-order valence-electron chi connectivity index (χ1n) is 7.47. The van der Waals surface area contributed by atoms with Gasteiger partial charge in [-0.25, -0.2) is 0 Å². The van der Waals surface area contributed by atoms with Crippen LogP contribution in [0, 0.1) is 0 Å². The molecule has 2 aliphatic carbocycles. The molecule has 0 saturated heterocycles. The van der Waals surface area contributed by atoms with E-state index in [0.29, 0.717) is 19.3 Å². The maximum atomic E-state index is 9.86. The van der Waals surface area contributed by atoms with Gasteiger partial charge < -0.3 is 20.3 Å². The van der Waals surface area contributed by atoms with Crippen LogP contribution in [0.5, 0.6) is 0 Å². The largest absolute Gasteiger partial charge is 0.392 e. The maximum Gasteiger partial charge on any atom is 0.0897 e. The van der Waals surface area contributed by atoms with Gasteiger partial charge in [0.1, 0.15) is 0 Å². The lowest BCUT2D eigenvalue weighted by atomic mass is 9.92. The van der Waals surface area contributed by atoms with Gasteiger partial charge in [0.15, 0.2) is 0 Å². The monoisotopic (exact) mass is 257 g/mol. The van der Waals surface area contributed by atoms with Gasteiger partial charge in [-0.2, -0.15) is 0 Å². The molecule has 0 heterocycles. The second-order valence-corrected chi connectivity index (χ2v) is 5.76. The topological polar surface area (TPSA) is 61.7 Å². The number of rotatable bonds is 6. The summed E-state index contributed by atoms with van der Waals surface area (Å²) in [4.78, 5) is 0. The van der Waals surface area contributed by atoms with Crippen LogP contribution < -0.4 is 5.32 Å². The van der Waals surface area contributed by atoms with E-state index in [1.54, 1.807) is 0 Å². The average molecular weight is 257 g/mol. The van der Waals surface area contributed by atoms with E-state index in [4.69, 9.17) is 4.74 Å². The van der Waals surface area contributed by atoms with Crippen LogP contribution in [0.15, 0.2) is 0 Å². The molecule has 0 spiro atoms. The maximum absolute atomic E-state index is 9.86. The average Bonchev–Trinajstić information content (AvgIpc) is 2.88. The lowest BCUT2D eigenvalue weighted by Gasteiger charge is -2.29. The third-order valence-electron chi connectivity index (χ3n) is 4.17. The van der Waals surface area contributed by atoms with Gasteiger partial charge in [0.25, 0.3) is 0 Å². The van der Waals surface area contributed by atoms with Crippen molar-refractivity contribution in [2.45, 2.75) is 75.7 Å². The van der Waals surface area contributed by atoms with E-state index in [1.807, 2.05) is 0 Å². The lowest BCUT2D eigenvalue weighted by molar-refractivity contribution is -0.00940. The van der Waals surface area contributed by atoms with Crippen LogP contribution in [0.2, 0.25) is 0 Å². The van der Waals surface area contributed by atoms with Crippen molar-refractivity contribution >= 4 is 0 Å². The Morgan fingerprint density at radius 1 is 1.06 bits per heavy atom. The fourth-order valence-corrected chi connectivity index (χ4v) is 3.00. The minimum absolute atomic E-state index is 0.153. The predicted molar refractivity (Wildman–Crippen MR) is 70.5 cm³/mol. The third-order valence-corrected chi connectivity index (χ3v) is 4.17. The van der Waals surface area contributed by atoms with Crippen LogP contribution >= 0.6 is 0 Å². The van der Waals surface area contributed by atoms with E-state index in [2.05, 4.69) is 5.32 Å². The molecule has 0 aliphatic heterocycles. The molecule has 2 rings (SSSR count). The van der Waals surface area contributed by atoms with Crippen molar-refractivity contribution < 1.29 is 14.9 Å². The van der Waals surface area contributed by atoms with Crippen LogP contribution in [0.4, 0.5) is 0 Å². The molecule has 0 aromatic heterocycles. The van der Waals surface area contributed by atoms with Gasteiger partial charge in [-0.3, -0.25) is 0 Å². The summed E-state index contributed by atoms with van der Waals surface area (Å²) in [6, 6.07) is 0.153. The Balaban J connectivity index is 1.57. The number of nitrogens with one attached hydrogen (secondary N) is 1. The van der Waals surface area contributed by atoms with Crippen molar-refractivity contribution in [1.82, 2.24) is 5.32 Å². The predicted octanol–water partition coefficient (Wildman–Crippen LogP) is 1.20. The van der Waals surface area contributed by atoms with Crippen molar-refractivity contribution in [3.8, 4) is 0 Å². The number of aliphatic hydroxyl groups is 2. The van der Waals surface area contributed by atoms with Gasteiger partial charge in [-0.05, 0) is 25.7 Å². The van der Waals surface area contributed by atoms with Gasteiger partial charge in [0.05, 0.1) is 24.9 Å². The molecule has 4 heteroatoms. The molecule has 2 aliphatic rings. The summed E-state index contributed by atoms with van der Waals surface area (Å²) in [5, 5.41) is 22.9. The Kier molecular flexibility index (Phi) is 5.89. The Bertz CT molecular complexity index is 231. The number of ether oxygens (including phenoxy) is 1. The van der Waals surface area contributed by atoms with Gasteiger partial charge in [-0.15, -0.1) is 0 Å². The third kappa shape index (κ3) is 4.50. The quantitative estimate of drug-likeness (QED) is 0.669. The molecule has 3 N–H and O–H groups in total. The molecule has 3 atom stereocenters. The molecule has 2 saturated carbocycles. The molecule has 4 nitrogen and oxygen atoms in total. The summed E-state index contributed by atoms with van der Waals surface area (Å²) in [6.45, 7) is 0.939. The van der Waals surface area contributed by atoms with Gasteiger partial charge in [0.2, 0.25) is 0 Å². The van der Waals surface area contributed by atoms with E-state index in [-0.39, 0.29) is 12.1 Å². The second kappa shape index (κ2) is 7.43. The van der Waals surface area contributed by atoms with Crippen molar-refractivity contribution in [3.05, 3.63) is 0 Å². The molecule has 0 aromatic rings. The first-order valence-corrected chi connectivity index (χ1v) is 7.47. The number of hydrogen-bond acceptors (Lipinski definition) is 4. The van der Waals surface area contributed by atoms with Crippen molar-refractivity contribution in [2.24, 2.45) is 0 Å². The van der Waals surface area contributed by atoms with Crippen LogP contribution in [0.25, 0.3) is 0 Å². The standard InChI is InChI=1S/C14H27NO3/c16-11(10-18-12-5-1-2-6-12)9-15-13-7-3-4-8-14(13)17/h11-17H,1-10H2. The summed E-state index contributed by atoms with van der Waals surface area (Å²) in [6.07, 6.45) is 8.63. The lowest BCUT2D eigenvalue weighted by Crippen LogP contribution is -2.45. The summed E-state index contributed by atoms with van der Waals surface area (Å²) in [5.41, 5.74) is 0. The van der Waals surface area contributed by atoms with Crippen molar-refractivity contribution in [2.75, 3.05) is 13.2 Å². The molecule has 18 heavy (non-hydrogen) atoms. The zero-order valence-electron chi connectivity index (χ0n) is 11.2. The van der Waals surface area contributed by atoms with E-state index in [9.17, 15) is 10.2 Å². The highest BCUT2D eigenvalue weighted by Gasteiger charge is 2.23. The zero-order valence-corrected chi connectivity index (χ0v) is 11.2. The molecular weight excluding hydrogens is 230 g/mol. The SMILES string of the molecule is OC(CNC1CCCCC1O)COC1CCCC1. The summed E-state index contributed by atoms with van der Waals surface area (Å²) < 4.78 is 5.68. The molecule has 0 radical (unpaired) electrons. The zero-order chi connectivity index (χ0) is 12.8. The Hall–Kier alpha value is -0.160. The minimum atomic E-state index is -0.459. The molecule has 106 valence electrons. The minimum Gasteiger partial charge on any atom is -0.392 e.